The molecule has 0 aromatic carbocycles. The summed E-state index contributed by atoms with van der Waals surface area (Å²) in [4.78, 5) is 0. The molecule has 2 rings (SSSR count). The minimum atomic E-state index is 0.210. The number of nitrogens with zero attached hydrogens (tertiary/aromatic N) is 2. The zero-order valence-electron chi connectivity index (χ0n) is 9.41. The van der Waals surface area contributed by atoms with Gasteiger partial charge in [0.1, 0.15) is 5.82 Å². The van der Waals surface area contributed by atoms with E-state index in [2.05, 4.69) is 35.5 Å². The molecule has 0 aliphatic carbocycles. The molecule has 0 amide bonds. The fourth-order valence-corrected chi connectivity index (χ4v) is 1.86. The lowest BCUT2D eigenvalue weighted by Gasteiger charge is -2.27. The van der Waals surface area contributed by atoms with E-state index in [1.54, 1.807) is 0 Å². The molecule has 2 heterocycles. The Balaban J connectivity index is 2.27. The average Bonchev–Trinajstić information content (AvgIpc) is 2.30. The average molecular weight is 227 g/mol. The first-order chi connectivity index (χ1) is 6.97. The van der Waals surface area contributed by atoms with Crippen LogP contribution in [0.3, 0.4) is 0 Å². The van der Waals surface area contributed by atoms with Gasteiger partial charge in [-0.3, -0.25) is 5.10 Å². The highest BCUT2D eigenvalue weighted by molar-refractivity contribution is 7.71. The predicted molar refractivity (Wildman–Crippen MR) is 60.4 cm³/mol. The Morgan fingerprint density at radius 1 is 1.53 bits per heavy atom. The zero-order valence-corrected chi connectivity index (χ0v) is 10.2. The number of rotatable bonds is 2. The van der Waals surface area contributed by atoms with Gasteiger partial charge in [-0.2, -0.15) is 5.10 Å². The number of aromatic nitrogens is 3. The van der Waals surface area contributed by atoms with Crippen molar-refractivity contribution in [1.29, 1.82) is 0 Å². The van der Waals surface area contributed by atoms with Crippen molar-refractivity contribution < 1.29 is 4.74 Å². The van der Waals surface area contributed by atoms with Crippen molar-refractivity contribution >= 4 is 12.2 Å². The second-order valence-corrected chi connectivity index (χ2v) is 5.65. The summed E-state index contributed by atoms with van der Waals surface area (Å²) in [6.07, 6.45) is 0. The molecule has 4 nitrogen and oxygen atoms in total. The minimum absolute atomic E-state index is 0.210. The summed E-state index contributed by atoms with van der Waals surface area (Å²) < 4.78 is 8.00. The van der Waals surface area contributed by atoms with Crippen molar-refractivity contribution in [2.45, 2.75) is 33.2 Å². The van der Waals surface area contributed by atoms with Gasteiger partial charge >= 0.3 is 0 Å². The molecule has 0 radical (unpaired) electrons. The molecule has 15 heavy (non-hydrogen) atoms. The molecule has 1 N–H and O–H groups in total. The Morgan fingerprint density at radius 3 is 2.67 bits per heavy atom. The standard InChI is InChI=1S/C10H17N3OS/c1-10(2,3)6-13-8(7-4-14-5-7)11-12-9(13)15/h7H,4-6H2,1-3H3,(H,12,15). The van der Waals surface area contributed by atoms with Gasteiger partial charge < -0.3 is 9.30 Å². The van der Waals surface area contributed by atoms with E-state index >= 15 is 0 Å². The summed E-state index contributed by atoms with van der Waals surface area (Å²) in [5.74, 6) is 1.46. The Hall–Kier alpha value is -0.680. The normalized spacial score (nSPS) is 17.8. The third kappa shape index (κ3) is 2.29. The summed E-state index contributed by atoms with van der Waals surface area (Å²) >= 11 is 5.24. The van der Waals surface area contributed by atoms with Crippen LogP contribution in [0.5, 0.6) is 0 Å². The Bertz CT molecular complexity index is 398. The van der Waals surface area contributed by atoms with Crippen LogP contribution in [-0.4, -0.2) is 28.0 Å². The number of ether oxygens (including phenoxy) is 1. The Labute approximate surface area is 94.6 Å². The van der Waals surface area contributed by atoms with E-state index in [-0.39, 0.29) is 5.41 Å². The molecule has 0 atom stereocenters. The molecule has 0 saturated carbocycles. The maximum Gasteiger partial charge on any atom is 0.195 e. The molecule has 1 saturated heterocycles. The van der Waals surface area contributed by atoms with E-state index in [1.807, 2.05) is 0 Å². The monoisotopic (exact) mass is 227 g/mol. The lowest BCUT2D eigenvalue weighted by molar-refractivity contribution is 0.00274. The van der Waals surface area contributed by atoms with E-state index in [0.29, 0.717) is 10.7 Å². The smallest absolute Gasteiger partial charge is 0.195 e. The van der Waals surface area contributed by atoms with Crippen molar-refractivity contribution in [2.24, 2.45) is 5.41 Å². The fourth-order valence-electron chi connectivity index (χ4n) is 1.65. The first kappa shape index (κ1) is 10.8. The van der Waals surface area contributed by atoms with Gasteiger partial charge in [-0.1, -0.05) is 20.8 Å². The summed E-state index contributed by atoms with van der Waals surface area (Å²) in [6, 6.07) is 0. The molecule has 1 aliphatic rings. The molecule has 1 aliphatic heterocycles. The maximum atomic E-state index is 5.24. The largest absolute Gasteiger partial charge is 0.380 e. The number of nitrogens with one attached hydrogen (secondary N) is 1. The predicted octanol–water partition coefficient (Wildman–Crippen LogP) is 2.10. The van der Waals surface area contributed by atoms with Crippen molar-refractivity contribution in [3.05, 3.63) is 10.6 Å². The van der Waals surface area contributed by atoms with E-state index in [0.717, 1.165) is 25.6 Å². The van der Waals surface area contributed by atoms with Crippen LogP contribution in [0.15, 0.2) is 0 Å². The van der Waals surface area contributed by atoms with Crippen molar-refractivity contribution in [3.63, 3.8) is 0 Å². The molecule has 0 bridgehead atoms. The second kappa shape index (κ2) is 3.72. The SMILES string of the molecule is CC(C)(C)Cn1c(C2COC2)n[nH]c1=S. The van der Waals surface area contributed by atoms with E-state index in [1.165, 1.54) is 0 Å². The van der Waals surface area contributed by atoms with Gasteiger partial charge in [-0.25, -0.2) is 0 Å². The second-order valence-electron chi connectivity index (χ2n) is 5.27. The third-order valence-corrected chi connectivity index (χ3v) is 2.74. The Kier molecular flexibility index (Phi) is 2.68. The van der Waals surface area contributed by atoms with Crippen LogP contribution in [0.4, 0.5) is 0 Å². The topological polar surface area (TPSA) is 42.8 Å². The van der Waals surface area contributed by atoms with Crippen LogP contribution in [0, 0.1) is 10.2 Å². The fraction of sp³-hybridized carbons (Fsp3) is 0.800. The quantitative estimate of drug-likeness (QED) is 0.787. The highest BCUT2D eigenvalue weighted by atomic mass is 32.1. The highest BCUT2D eigenvalue weighted by Crippen LogP contribution is 2.25. The van der Waals surface area contributed by atoms with E-state index < -0.39 is 0 Å². The molecule has 1 aromatic rings. The van der Waals surface area contributed by atoms with Crippen LogP contribution in [0.25, 0.3) is 0 Å². The summed E-state index contributed by atoms with van der Waals surface area (Å²) in [7, 11) is 0. The molecule has 0 spiro atoms. The molecule has 5 heteroatoms. The van der Waals surface area contributed by atoms with Crippen molar-refractivity contribution in [1.82, 2.24) is 14.8 Å². The molecular formula is C10H17N3OS. The van der Waals surface area contributed by atoms with E-state index in [4.69, 9.17) is 17.0 Å². The highest BCUT2D eigenvalue weighted by Gasteiger charge is 2.27. The zero-order chi connectivity index (χ0) is 11.1. The lowest BCUT2D eigenvalue weighted by atomic mass is 9.96. The first-order valence-corrected chi connectivity index (χ1v) is 5.61. The lowest BCUT2D eigenvalue weighted by Crippen LogP contribution is -2.29. The van der Waals surface area contributed by atoms with Crippen molar-refractivity contribution in [2.75, 3.05) is 13.2 Å². The van der Waals surface area contributed by atoms with E-state index in [9.17, 15) is 0 Å². The Morgan fingerprint density at radius 2 is 2.20 bits per heavy atom. The van der Waals surface area contributed by atoms with Crippen LogP contribution in [0.2, 0.25) is 0 Å². The van der Waals surface area contributed by atoms with Gasteiger partial charge in [0.15, 0.2) is 4.77 Å². The van der Waals surface area contributed by atoms with Crippen molar-refractivity contribution in [3.8, 4) is 0 Å². The first-order valence-electron chi connectivity index (χ1n) is 5.20. The van der Waals surface area contributed by atoms with Gasteiger partial charge in [-0.15, -0.1) is 0 Å². The third-order valence-electron chi connectivity index (χ3n) is 2.42. The molecule has 84 valence electrons. The van der Waals surface area contributed by atoms with Gasteiger partial charge in [0.25, 0.3) is 0 Å². The summed E-state index contributed by atoms with van der Waals surface area (Å²) in [5.41, 5.74) is 0.210. The van der Waals surface area contributed by atoms with Crippen LogP contribution >= 0.6 is 12.2 Å². The van der Waals surface area contributed by atoms with Crippen LogP contribution in [0.1, 0.15) is 32.5 Å². The van der Waals surface area contributed by atoms with Crippen LogP contribution < -0.4 is 0 Å². The van der Waals surface area contributed by atoms with Gasteiger partial charge in [0.2, 0.25) is 0 Å². The molecular weight excluding hydrogens is 210 g/mol. The number of aromatic amines is 1. The number of hydrogen-bond acceptors (Lipinski definition) is 3. The van der Waals surface area contributed by atoms with Crippen LogP contribution in [-0.2, 0) is 11.3 Å². The van der Waals surface area contributed by atoms with Gasteiger partial charge in [0, 0.05) is 6.54 Å². The minimum Gasteiger partial charge on any atom is -0.380 e. The summed E-state index contributed by atoms with van der Waals surface area (Å²) in [5, 5.41) is 7.16. The number of hydrogen-bond donors (Lipinski definition) is 1. The number of H-pyrrole nitrogens is 1. The molecule has 1 fully saturated rings. The summed E-state index contributed by atoms with van der Waals surface area (Å²) in [6.45, 7) is 9.02. The van der Waals surface area contributed by atoms with Gasteiger partial charge in [0.05, 0.1) is 19.1 Å². The van der Waals surface area contributed by atoms with Gasteiger partial charge in [-0.05, 0) is 17.6 Å². The maximum absolute atomic E-state index is 5.24. The molecule has 0 unspecified atom stereocenters. The molecule has 1 aromatic heterocycles.